The molecule has 4 aromatic heterocycles. The van der Waals surface area contributed by atoms with Gasteiger partial charge < -0.3 is 23.2 Å². The van der Waals surface area contributed by atoms with Gasteiger partial charge >= 0.3 is 0 Å². The van der Waals surface area contributed by atoms with Gasteiger partial charge in [0.2, 0.25) is 0 Å². The first-order valence-electron chi connectivity index (χ1n) is 24.8. The molecule has 0 spiro atoms. The number of anilines is 5. The van der Waals surface area contributed by atoms with Crippen LogP contribution in [0.5, 0.6) is 0 Å². The molecule has 0 amide bonds. The lowest BCUT2D eigenvalue weighted by atomic mass is 9.33. The van der Waals surface area contributed by atoms with Crippen LogP contribution < -0.4 is 26.2 Å². The van der Waals surface area contributed by atoms with E-state index in [0.717, 1.165) is 67.5 Å². The minimum absolute atomic E-state index is 0.0207. The van der Waals surface area contributed by atoms with Gasteiger partial charge in [0, 0.05) is 69.9 Å². The van der Waals surface area contributed by atoms with Crippen LogP contribution in [0.2, 0.25) is 0 Å². The van der Waals surface area contributed by atoms with Gasteiger partial charge in [0.1, 0.15) is 16.7 Å². The van der Waals surface area contributed by atoms with Gasteiger partial charge in [0.25, 0.3) is 6.71 Å². The summed E-state index contributed by atoms with van der Waals surface area (Å²) in [6.45, 7) is 12.2. The molecule has 1 aliphatic carbocycles. The SMILES string of the molecule is CC(C)(C)c1cc2c3c(c1)c1oc4ccccc4c1n3-c1cc(N(c3ccc4c(c3)sc3ccccc34)c3cccc4c3oc3ccccc34)cc3c1B2c1cccc2c1N3C1(C)CCCCC21C. The zero-order chi connectivity index (χ0) is 45.9. The smallest absolute Gasteiger partial charge is 0.252 e. The predicted molar refractivity (Wildman–Crippen MR) is 292 cm³/mol. The van der Waals surface area contributed by atoms with Gasteiger partial charge in [-0.05, 0) is 113 Å². The Morgan fingerprint density at radius 2 is 1.29 bits per heavy atom. The zero-order valence-electron chi connectivity index (χ0n) is 39.4. The number of thiophene rings is 1. The van der Waals surface area contributed by atoms with Crippen LogP contribution in [-0.4, -0.2) is 16.8 Å². The molecule has 7 heteroatoms. The van der Waals surface area contributed by atoms with E-state index in [1.807, 2.05) is 11.3 Å². The van der Waals surface area contributed by atoms with Gasteiger partial charge in [-0.1, -0.05) is 132 Å². The normalized spacial score (nSPS) is 19.2. The molecule has 0 saturated heterocycles. The number of fused-ring (bicyclic) bond motifs is 18. The monoisotopic (exact) mass is 909 g/mol. The summed E-state index contributed by atoms with van der Waals surface area (Å²) in [6, 6.07) is 57.1. The fourth-order valence-electron chi connectivity index (χ4n) is 14.0. The molecule has 1 fully saturated rings. The molecule has 7 heterocycles. The molecule has 8 aromatic carbocycles. The van der Waals surface area contributed by atoms with E-state index < -0.39 is 0 Å². The van der Waals surface area contributed by atoms with Crippen molar-refractivity contribution in [2.24, 2.45) is 0 Å². The number of nitrogens with zero attached hydrogens (tertiary/aromatic N) is 3. The van der Waals surface area contributed by atoms with Crippen molar-refractivity contribution in [2.45, 2.75) is 76.7 Å². The molecule has 3 aliphatic heterocycles. The number of rotatable bonds is 3. The Morgan fingerprint density at radius 1 is 0.580 bits per heavy atom. The molecule has 2 atom stereocenters. The molecule has 12 aromatic rings. The number of aromatic nitrogens is 1. The number of hydrogen-bond donors (Lipinski definition) is 0. The van der Waals surface area contributed by atoms with Crippen LogP contribution in [-0.2, 0) is 10.8 Å². The maximum atomic E-state index is 7.06. The number of benzene rings is 8. The molecule has 0 bridgehead atoms. The number of furan rings is 2. The average Bonchev–Trinajstić information content (AvgIpc) is 4.15. The first-order chi connectivity index (χ1) is 33.6. The lowest BCUT2D eigenvalue weighted by Gasteiger charge is -2.52. The second-order valence-electron chi connectivity index (χ2n) is 21.9. The molecule has 4 aliphatic rings. The third-order valence-corrected chi connectivity index (χ3v) is 18.6. The second kappa shape index (κ2) is 12.9. The average molecular weight is 910 g/mol. The Bertz CT molecular complexity index is 4280. The molecule has 69 heavy (non-hydrogen) atoms. The number of hydrogen-bond acceptors (Lipinski definition) is 5. The van der Waals surface area contributed by atoms with E-state index in [1.165, 1.54) is 94.9 Å². The van der Waals surface area contributed by atoms with Crippen LogP contribution >= 0.6 is 11.3 Å². The summed E-state index contributed by atoms with van der Waals surface area (Å²) in [5.41, 5.74) is 19.9. The second-order valence-corrected chi connectivity index (χ2v) is 23.0. The Balaban J connectivity index is 1.08. The molecule has 5 nitrogen and oxygen atoms in total. The third kappa shape index (κ3) is 4.73. The van der Waals surface area contributed by atoms with Crippen molar-refractivity contribution in [1.29, 1.82) is 0 Å². The van der Waals surface area contributed by atoms with Crippen molar-refractivity contribution >= 4 is 138 Å². The Morgan fingerprint density at radius 3 is 2.14 bits per heavy atom. The van der Waals surface area contributed by atoms with E-state index in [0.29, 0.717) is 0 Å². The first-order valence-corrected chi connectivity index (χ1v) is 25.6. The summed E-state index contributed by atoms with van der Waals surface area (Å²) in [4.78, 5) is 5.36. The highest BCUT2D eigenvalue weighted by atomic mass is 32.1. The molecule has 332 valence electrons. The maximum Gasteiger partial charge on any atom is 0.252 e. The zero-order valence-corrected chi connectivity index (χ0v) is 40.2. The molecule has 1 saturated carbocycles. The minimum atomic E-state index is -0.141. The predicted octanol–water partition coefficient (Wildman–Crippen LogP) is 15.4. The van der Waals surface area contributed by atoms with Crippen molar-refractivity contribution in [3.8, 4) is 5.69 Å². The molecule has 2 unspecified atom stereocenters. The Labute approximate surface area is 404 Å². The van der Waals surface area contributed by atoms with E-state index in [4.69, 9.17) is 8.83 Å². The van der Waals surface area contributed by atoms with Gasteiger partial charge in [0.15, 0.2) is 11.2 Å². The highest BCUT2D eigenvalue weighted by molar-refractivity contribution is 7.25. The van der Waals surface area contributed by atoms with Gasteiger partial charge in [-0.2, -0.15) is 0 Å². The largest absolute Gasteiger partial charge is 0.454 e. The number of para-hydroxylation sites is 4. The highest BCUT2D eigenvalue weighted by Crippen LogP contribution is 2.62. The standard InChI is InChI=1S/C62H48BN3O2S/c1-60(2,3)35-30-43-55-46(31-35)63-45-21-15-20-44-57(45)66(62(5)29-13-12-28-61(44,62)4)49-33-37(32-48(54(49)63)65(55)56-42-18-7-10-24-51(42)68-59(43)56)64(36-26-27-40-39-17-8-11-25-52(39)69-53(40)34-36)47-22-14-19-41-38-16-6-9-23-50(38)67-58(41)47/h6-11,14-27,30-34H,12-13,28-29H2,1-5H3. The fraction of sp³-hybridized carbons (Fsp3) is 0.194. The lowest BCUT2D eigenvalue weighted by molar-refractivity contribution is 0.195. The van der Waals surface area contributed by atoms with E-state index in [1.54, 1.807) is 0 Å². The Kier molecular flexibility index (Phi) is 7.24. The van der Waals surface area contributed by atoms with Crippen LogP contribution in [0.3, 0.4) is 0 Å². The van der Waals surface area contributed by atoms with Gasteiger partial charge in [-0.25, -0.2) is 0 Å². The van der Waals surface area contributed by atoms with Crippen molar-refractivity contribution in [1.82, 2.24) is 4.57 Å². The topological polar surface area (TPSA) is 37.7 Å². The molecular formula is C62H48BN3O2S. The maximum absolute atomic E-state index is 7.06. The summed E-state index contributed by atoms with van der Waals surface area (Å²) < 4.78 is 19.2. The molecule has 16 rings (SSSR count). The van der Waals surface area contributed by atoms with E-state index in [2.05, 4.69) is 201 Å². The van der Waals surface area contributed by atoms with E-state index >= 15 is 0 Å². The quantitative estimate of drug-likeness (QED) is 0.166. The van der Waals surface area contributed by atoms with Gasteiger partial charge in [-0.3, -0.25) is 0 Å². The Hall–Kier alpha value is -7.22. The third-order valence-electron chi connectivity index (χ3n) is 17.4. The molecule has 0 N–H and O–H groups in total. The lowest BCUT2D eigenvalue weighted by Crippen LogP contribution is -2.64. The van der Waals surface area contributed by atoms with E-state index in [9.17, 15) is 0 Å². The minimum Gasteiger partial charge on any atom is -0.454 e. The van der Waals surface area contributed by atoms with Crippen molar-refractivity contribution in [3.63, 3.8) is 0 Å². The van der Waals surface area contributed by atoms with Crippen LogP contribution in [0.1, 0.15) is 71.4 Å². The molecular weight excluding hydrogens is 862 g/mol. The van der Waals surface area contributed by atoms with Gasteiger partial charge in [-0.15, -0.1) is 11.3 Å². The summed E-state index contributed by atoms with van der Waals surface area (Å²) in [7, 11) is 0. The van der Waals surface area contributed by atoms with Crippen LogP contribution in [0, 0.1) is 0 Å². The van der Waals surface area contributed by atoms with Crippen LogP contribution in [0.25, 0.3) is 80.8 Å². The van der Waals surface area contributed by atoms with Crippen molar-refractivity contribution in [3.05, 3.63) is 163 Å². The highest BCUT2D eigenvalue weighted by Gasteiger charge is 2.61. The fourth-order valence-corrected chi connectivity index (χ4v) is 15.1. The van der Waals surface area contributed by atoms with Crippen molar-refractivity contribution < 1.29 is 8.83 Å². The summed E-state index contributed by atoms with van der Waals surface area (Å²) in [5.74, 6) is 0. The summed E-state index contributed by atoms with van der Waals surface area (Å²) >= 11 is 1.87. The van der Waals surface area contributed by atoms with Gasteiger partial charge in [0.05, 0.1) is 22.4 Å². The van der Waals surface area contributed by atoms with Crippen LogP contribution in [0.4, 0.5) is 28.4 Å². The van der Waals surface area contributed by atoms with Crippen molar-refractivity contribution in [2.75, 3.05) is 9.80 Å². The summed E-state index contributed by atoms with van der Waals surface area (Å²) in [5, 5.41) is 7.14. The summed E-state index contributed by atoms with van der Waals surface area (Å²) in [6.07, 6.45) is 4.75. The van der Waals surface area contributed by atoms with Crippen LogP contribution in [0.15, 0.2) is 160 Å². The van der Waals surface area contributed by atoms with E-state index in [-0.39, 0.29) is 23.1 Å². The first kappa shape index (κ1) is 38.7. The molecule has 0 radical (unpaired) electrons.